The Balaban J connectivity index is 1.57. The minimum Gasteiger partial charge on any atom is -0.356 e. The molecule has 0 radical (unpaired) electrons. The van der Waals surface area contributed by atoms with Crippen molar-refractivity contribution < 1.29 is 0 Å². The van der Waals surface area contributed by atoms with Crippen molar-refractivity contribution in [1.82, 2.24) is 29.9 Å². The van der Waals surface area contributed by atoms with E-state index >= 15 is 0 Å². The van der Waals surface area contributed by atoms with Crippen molar-refractivity contribution >= 4 is 51.4 Å². The molecule has 1 aliphatic rings. The van der Waals surface area contributed by atoms with Gasteiger partial charge in [0.05, 0.1) is 10.4 Å². The minimum absolute atomic E-state index is 0.241. The monoisotopic (exact) mass is 440 g/mol. The van der Waals surface area contributed by atoms with E-state index in [1.165, 1.54) is 11.8 Å². The molecule has 30 heavy (non-hydrogen) atoms. The van der Waals surface area contributed by atoms with Gasteiger partial charge in [0.25, 0.3) is 0 Å². The lowest BCUT2D eigenvalue weighted by atomic mass is 10.1. The predicted molar refractivity (Wildman–Crippen MR) is 119 cm³/mol. The number of hydrogen-bond acceptors (Lipinski definition) is 8. The molecular weight excluding hydrogens is 420 g/mol. The molecule has 0 aliphatic carbocycles. The summed E-state index contributed by atoms with van der Waals surface area (Å²) in [6.07, 6.45) is 7.74. The number of aromatic amines is 1. The fraction of sp³-hybridized carbons (Fsp3) is 0.350. The van der Waals surface area contributed by atoms with Gasteiger partial charge in [-0.15, -0.1) is 0 Å². The average molecular weight is 441 g/mol. The Morgan fingerprint density at radius 1 is 1.20 bits per heavy atom. The molecule has 154 valence electrons. The second-order valence-electron chi connectivity index (χ2n) is 7.32. The lowest BCUT2D eigenvalue weighted by Gasteiger charge is -2.31. The first-order valence-corrected chi connectivity index (χ1v) is 11.1. The second-order valence-corrected chi connectivity index (χ2v) is 8.74. The third kappa shape index (κ3) is 3.57. The van der Waals surface area contributed by atoms with Gasteiger partial charge in [0.1, 0.15) is 17.0 Å². The Hall–Kier alpha value is -2.49. The zero-order valence-electron chi connectivity index (χ0n) is 16.5. The highest BCUT2D eigenvalue weighted by molar-refractivity contribution is 7.99. The summed E-state index contributed by atoms with van der Waals surface area (Å²) in [5.74, 6) is 0.865. The van der Waals surface area contributed by atoms with Crippen LogP contribution < -0.4 is 10.6 Å². The molecule has 5 rings (SSSR count). The maximum atomic E-state index is 6.69. The standard InChI is InChI=1S/C20H21ClN8S/c1-2-13-16(21)15-18(26-13)27-20(28-19(15)29-7-3-11(22)4-8-29)30-12-9-14-17(25-10-12)24-6-5-23-14/h5-6,9-11H,2-4,7-8,22H2,1H3,(H,26,27,28). The number of piperidine rings is 1. The number of aryl methyl sites for hydroxylation is 1. The summed E-state index contributed by atoms with van der Waals surface area (Å²) in [7, 11) is 0. The van der Waals surface area contributed by atoms with Gasteiger partial charge >= 0.3 is 0 Å². The summed E-state index contributed by atoms with van der Waals surface area (Å²) in [6.45, 7) is 3.78. The highest BCUT2D eigenvalue weighted by atomic mass is 35.5. The molecule has 0 spiro atoms. The molecule has 1 fully saturated rings. The molecule has 0 unspecified atom stereocenters. The van der Waals surface area contributed by atoms with Crippen LogP contribution in [0.4, 0.5) is 5.82 Å². The van der Waals surface area contributed by atoms with Crippen LogP contribution in [0.5, 0.6) is 0 Å². The Morgan fingerprint density at radius 2 is 2.00 bits per heavy atom. The highest BCUT2D eigenvalue weighted by Gasteiger charge is 2.24. The van der Waals surface area contributed by atoms with E-state index in [4.69, 9.17) is 27.3 Å². The molecule has 5 heterocycles. The maximum Gasteiger partial charge on any atom is 0.196 e. The number of H-pyrrole nitrogens is 1. The number of anilines is 1. The van der Waals surface area contributed by atoms with Gasteiger partial charge in [-0.05, 0) is 37.1 Å². The fourth-order valence-corrected chi connectivity index (χ4v) is 4.81. The van der Waals surface area contributed by atoms with Crippen molar-refractivity contribution in [1.29, 1.82) is 0 Å². The van der Waals surface area contributed by atoms with Crippen LogP contribution in [0.25, 0.3) is 22.2 Å². The van der Waals surface area contributed by atoms with Crippen molar-refractivity contribution in [3.8, 4) is 0 Å². The van der Waals surface area contributed by atoms with Gasteiger partial charge in [0, 0.05) is 48.3 Å². The zero-order valence-corrected chi connectivity index (χ0v) is 18.0. The summed E-state index contributed by atoms with van der Waals surface area (Å²) in [5, 5.41) is 2.23. The van der Waals surface area contributed by atoms with Crippen LogP contribution in [0.15, 0.2) is 34.7 Å². The Labute approximate surface area is 182 Å². The van der Waals surface area contributed by atoms with E-state index in [2.05, 4.69) is 31.8 Å². The molecule has 0 amide bonds. The quantitative estimate of drug-likeness (QED) is 0.463. The first kappa shape index (κ1) is 19.5. The summed E-state index contributed by atoms with van der Waals surface area (Å²) >= 11 is 8.15. The maximum absolute atomic E-state index is 6.69. The van der Waals surface area contributed by atoms with Gasteiger partial charge in [0.2, 0.25) is 0 Å². The van der Waals surface area contributed by atoms with Gasteiger partial charge in [0.15, 0.2) is 10.8 Å². The van der Waals surface area contributed by atoms with Crippen molar-refractivity contribution in [3.05, 3.63) is 35.4 Å². The van der Waals surface area contributed by atoms with Crippen LogP contribution >= 0.6 is 23.4 Å². The summed E-state index contributed by atoms with van der Waals surface area (Å²) < 4.78 is 0. The molecular formula is C20H21ClN8S. The largest absolute Gasteiger partial charge is 0.356 e. The number of nitrogens with two attached hydrogens (primary N) is 1. The SMILES string of the molecule is CCc1[nH]c2nc(Sc3cnc4nccnc4c3)nc(N3CCC(N)CC3)c2c1Cl. The second kappa shape index (κ2) is 7.98. The van der Waals surface area contributed by atoms with E-state index in [1.54, 1.807) is 18.6 Å². The minimum atomic E-state index is 0.241. The molecule has 4 aromatic rings. The van der Waals surface area contributed by atoms with Crippen LogP contribution in [0.2, 0.25) is 5.02 Å². The third-order valence-electron chi connectivity index (χ3n) is 5.32. The number of rotatable bonds is 4. The number of hydrogen-bond donors (Lipinski definition) is 2. The molecule has 3 N–H and O–H groups in total. The molecule has 0 atom stereocenters. The van der Waals surface area contributed by atoms with E-state index in [0.29, 0.717) is 15.8 Å². The van der Waals surface area contributed by atoms with Crippen LogP contribution in [-0.2, 0) is 6.42 Å². The lowest BCUT2D eigenvalue weighted by Crippen LogP contribution is -2.40. The molecule has 0 aromatic carbocycles. The van der Waals surface area contributed by atoms with Crippen LogP contribution in [0, 0.1) is 0 Å². The van der Waals surface area contributed by atoms with E-state index in [0.717, 1.165) is 65.3 Å². The molecule has 0 saturated carbocycles. The van der Waals surface area contributed by atoms with Gasteiger partial charge in [-0.2, -0.15) is 0 Å². The number of aromatic nitrogens is 6. The van der Waals surface area contributed by atoms with Crippen LogP contribution in [0.1, 0.15) is 25.5 Å². The van der Waals surface area contributed by atoms with E-state index in [1.807, 2.05) is 6.07 Å². The van der Waals surface area contributed by atoms with Crippen molar-refractivity contribution in [2.24, 2.45) is 5.73 Å². The first-order chi connectivity index (χ1) is 14.6. The fourth-order valence-electron chi connectivity index (χ4n) is 3.70. The van der Waals surface area contributed by atoms with Gasteiger partial charge in [-0.25, -0.2) is 19.9 Å². The number of pyridine rings is 1. The van der Waals surface area contributed by atoms with Crippen molar-refractivity contribution in [3.63, 3.8) is 0 Å². The molecule has 4 aromatic heterocycles. The summed E-state index contributed by atoms with van der Waals surface area (Å²) in [6, 6.07) is 2.19. The highest BCUT2D eigenvalue weighted by Crippen LogP contribution is 2.37. The normalized spacial score (nSPS) is 15.4. The Morgan fingerprint density at radius 3 is 2.80 bits per heavy atom. The Bertz CT molecular complexity index is 1220. The smallest absolute Gasteiger partial charge is 0.196 e. The number of nitrogens with one attached hydrogen (secondary N) is 1. The molecule has 10 heteroatoms. The third-order valence-corrected chi connectivity index (χ3v) is 6.57. The first-order valence-electron chi connectivity index (χ1n) is 9.95. The van der Waals surface area contributed by atoms with E-state index in [9.17, 15) is 0 Å². The molecule has 1 aliphatic heterocycles. The van der Waals surface area contributed by atoms with Gasteiger partial charge in [-0.1, -0.05) is 18.5 Å². The van der Waals surface area contributed by atoms with E-state index < -0.39 is 0 Å². The topological polar surface area (TPSA) is 109 Å². The summed E-state index contributed by atoms with van der Waals surface area (Å²) in [5.41, 5.74) is 9.20. The average Bonchev–Trinajstić information content (AvgIpc) is 3.09. The number of halogens is 1. The van der Waals surface area contributed by atoms with Crippen molar-refractivity contribution in [2.45, 2.75) is 42.3 Å². The zero-order chi connectivity index (χ0) is 20.7. The molecule has 0 bridgehead atoms. The van der Waals surface area contributed by atoms with Gasteiger partial charge in [-0.3, -0.25) is 4.98 Å². The Kier molecular flexibility index (Phi) is 5.18. The van der Waals surface area contributed by atoms with Crippen LogP contribution in [-0.4, -0.2) is 49.0 Å². The van der Waals surface area contributed by atoms with Gasteiger partial charge < -0.3 is 15.6 Å². The van der Waals surface area contributed by atoms with Crippen molar-refractivity contribution in [2.75, 3.05) is 18.0 Å². The molecule has 8 nitrogen and oxygen atoms in total. The number of fused-ring (bicyclic) bond motifs is 2. The lowest BCUT2D eigenvalue weighted by molar-refractivity contribution is 0.498. The predicted octanol–water partition coefficient (Wildman–Crippen LogP) is 3.59. The van der Waals surface area contributed by atoms with Crippen LogP contribution in [0.3, 0.4) is 0 Å². The summed E-state index contributed by atoms with van der Waals surface area (Å²) in [4.78, 5) is 29.1. The molecule has 1 saturated heterocycles. The number of nitrogens with zero attached hydrogens (tertiary/aromatic N) is 6. The van der Waals surface area contributed by atoms with E-state index in [-0.39, 0.29) is 6.04 Å².